The van der Waals surface area contributed by atoms with Crippen LogP contribution in [0.2, 0.25) is 0 Å². The van der Waals surface area contributed by atoms with Gasteiger partial charge in [-0.25, -0.2) is 4.79 Å². The molecular formula is C18H20N2O3S. The third-order valence-corrected chi connectivity index (χ3v) is 5.23. The molecule has 0 spiro atoms. The van der Waals surface area contributed by atoms with Crippen LogP contribution in [0.15, 0.2) is 36.4 Å². The minimum absolute atomic E-state index is 0.0870. The molecule has 0 radical (unpaired) electrons. The van der Waals surface area contributed by atoms with Crippen LogP contribution in [0.25, 0.3) is 0 Å². The number of amides is 1. The van der Waals surface area contributed by atoms with Gasteiger partial charge in [0, 0.05) is 23.7 Å². The molecule has 3 rings (SSSR count). The van der Waals surface area contributed by atoms with Crippen LogP contribution in [0.5, 0.6) is 0 Å². The molecule has 1 aromatic carbocycles. The summed E-state index contributed by atoms with van der Waals surface area (Å²) < 4.78 is 1.85. The largest absolute Gasteiger partial charge is 0.478 e. The SMILES string of the molecule is CC[C@@H](NC(=O)c1cc(C(=O)O)c2n1CCSC2)c1ccccc1. The average Bonchev–Trinajstić information content (AvgIpc) is 3.00. The van der Waals surface area contributed by atoms with E-state index in [1.165, 1.54) is 6.07 Å². The van der Waals surface area contributed by atoms with Crippen molar-refractivity contribution in [1.29, 1.82) is 0 Å². The van der Waals surface area contributed by atoms with Crippen LogP contribution in [-0.4, -0.2) is 27.3 Å². The Morgan fingerprint density at radius 1 is 1.33 bits per heavy atom. The minimum Gasteiger partial charge on any atom is -0.478 e. The summed E-state index contributed by atoms with van der Waals surface area (Å²) in [5.74, 6) is 0.323. The summed E-state index contributed by atoms with van der Waals surface area (Å²) in [6.45, 7) is 2.68. The highest BCUT2D eigenvalue weighted by Crippen LogP contribution is 2.27. The van der Waals surface area contributed by atoms with Crippen LogP contribution < -0.4 is 5.32 Å². The van der Waals surface area contributed by atoms with Crippen molar-refractivity contribution in [1.82, 2.24) is 9.88 Å². The van der Waals surface area contributed by atoms with E-state index in [0.717, 1.165) is 23.4 Å². The number of rotatable bonds is 5. The molecule has 2 heterocycles. The van der Waals surface area contributed by atoms with Crippen molar-refractivity contribution in [3.63, 3.8) is 0 Å². The number of hydrogen-bond acceptors (Lipinski definition) is 3. The molecule has 1 atom stereocenters. The fraction of sp³-hybridized carbons (Fsp3) is 0.333. The van der Waals surface area contributed by atoms with E-state index in [0.29, 0.717) is 18.0 Å². The van der Waals surface area contributed by atoms with E-state index in [9.17, 15) is 14.7 Å². The van der Waals surface area contributed by atoms with Crippen LogP contribution in [0.4, 0.5) is 0 Å². The van der Waals surface area contributed by atoms with Crippen LogP contribution in [-0.2, 0) is 12.3 Å². The van der Waals surface area contributed by atoms with Gasteiger partial charge >= 0.3 is 5.97 Å². The van der Waals surface area contributed by atoms with Gasteiger partial charge in [-0.1, -0.05) is 37.3 Å². The summed E-state index contributed by atoms with van der Waals surface area (Å²) in [6.07, 6.45) is 0.769. The Morgan fingerprint density at radius 3 is 2.75 bits per heavy atom. The molecule has 24 heavy (non-hydrogen) atoms. The first-order valence-corrected chi connectivity index (χ1v) is 9.16. The standard InChI is InChI=1S/C18H20N2O3S/c1-2-14(12-6-4-3-5-7-12)19-17(21)15-10-13(18(22)23)16-11-24-9-8-20(15)16/h3-7,10,14H,2,8-9,11H2,1H3,(H,19,21)(H,22,23)/t14-/m1/s1. The van der Waals surface area contributed by atoms with E-state index >= 15 is 0 Å². The van der Waals surface area contributed by atoms with Gasteiger partial charge in [0.2, 0.25) is 0 Å². The second-order valence-electron chi connectivity index (χ2n) is 5.74. The zero-order valence-electron chi connectivity index (χ0n) is 13.5. The second-order valence-corrected chi connectivity index (χ2v) is 6.85. The Labute approximate surface area is 145 Å². The maximum absolute atomic E-state index is 12.8. The van der Waals surface area contributed by atoms with Crippen molar-refractivity contribution in [3.05, 3.63) is 58.9 Å². The first-order valence-electron chi connectivity index (χ1n) is 8.01. The number of fused-ring (bicyclic) bond motifs is 1. The van der Waals surface area contributed by atoms with E-state index < -0.39 is 5.97 Å². The molecule has 0 saturated carbocycles. The van der Waals surface area contributed by atoms with Gasteiger partial charge in [-0.3, -0.25) is 4.79 Å². The number of carbonyl (C=O) groups is 2. The quantitative estimate of drug-likeness (QED) is 0.873. The van der Waals surface area contributed by atoms with Crippen molar-refractivity contribution in [3.8, 4) is 0 Å². The van der Waals surface area contributed by atoms with Crippen LogP contribution in [0, 0.1) is 0 Å². The first kappa shape index (κ1) is 16.6. The highest BCUT2D eigenvalue weighted by atomic mass is 32.2. The molecule has 2 aromatic rings. The number of carboxylic acid groups (broad SMARTS) is 1. The Bertz CT molecular complexity index is 755. The molecule has 1 aliphatic heterocycles. The Kier molecular flexibility index (Phi) is 4.94. The molecule has 0 saturated heterocycles. The molecule has 0 bridgehead atoms. The normalized spacial score (nSPS) is 14.7. The highest BCUT2D eigenvalue weighted by molar-refractivity contribution is 7.98. The van der Waals surface area contributed by atoms with E-state index in [2.05, 4.69) is 5.32 Å². The molecule has 1 aliphatic rings. The molecule has 0 unspecified atom stereocenters. The highest BCUT2D eigenvalue weighted by Gasteiger charge is 2.26. The van der Waals surface area contributed by atoms with Crippen molar-refractivity contribution in [2.45, 2.75) is 31.7 Å². The monoisotopic (exact) mass is 344 g/mol. The summed E-state index contributed by atoms with van der Waals surface area (Å²) in [4.78, 5) is 24.2. The van der Waals surface area contributed by atoms with E-state index in [4.69, 9.17) is 0 Å². The van der Waals surface area contributed by atoms with Gasteiger partial charge in [0.25, 0.3) is 5.91 Å². The van der Waals surface area contributed by atoms with Crippen LogP contribution in [0.1, 0.15) is 51.5 Å². The van der Waals surface area contributed by atoms with Crippen molar-refractivity contribution >= 4 is 23.6 Å². The molecular weight excluding hydrogens is 324 g/mol. The third kappa shape index (κ3) is 3.19. The maximum atomic E-state index is 12.8. The summed E-state index contributed by atoms with van der Waals surface area (Å²) in [5, 5.41) is 12.4. The molecule has 0 fully saturated rings. The van der Waals surface area contributed by atoms with E-state index in [1.54, 1.807) is 11.8 Å². The Morgan fingerprint density at radius 2 is 2.08 bits per heavy atom. The molecule has 5 nitrogen and oxygen atoms in total. The molecule has 126 valence electrons. The zero-order chi connectivity index (χ0) is 17.1. The van der Waals surface area contributed by atoms with Gasteiger partial charge in [0.1, 0.15) is 5.69 Å². The predicted molar refractivity (Wildman–Crippen MR) is 94.5 cm³/mol. The number of carbonyl (C=O) groups excluding carboxylic acids is 1. The Balaban J connectivity index is 1.88. The number of thioether (sulfide) groups is 1. The fourth-order valence-electron chi connectivity index (χ4n) is 3.04. The molecule has 2 N–H and O–H groups in total. The molecule has 0 aliphatic carbocycles. The Hall–Kier alpha value is -2.21. The van der Waals surface area contributed by atoms with Gasteiger partial charge in [-0.05, 0) is 18.1 Å². The van der Waals surface area contributed by atoms with E-state index in [-0.39, 0.29) is 17.5 Å². The minimum atomic E-state index is -0.976. The van der Waals surface area contributed by atoms with Crippen molar-refractivity contribution in [2.24, 2.45) is 0 Å². The molecule has 1 aromatic heterocycles. The lowest BCUT2D eigenvalue weighted by Crippen LogP contribution is -2.30. The lowest BCUT2D eigenvalue weighted by Gasteiger charge is -2.20. The van der Waals surface area contributed by atoms with Gasteiger partial charge < -0.3 is 15.0 Å². The number of nitrogens with one attached hydrogen (secondary N) is 1. The smallest absolute Gasteiger partial charge is 0.337 e. The number of benzene rings is 1. The van der Waals surface area contributed by atoms with Gasteiger partial charge in [0.15, 0.2) is 0 Å². The van der Waals surface area contributed by atoms with E-state index in [1.807, 2.05) is 41.8 Å². The zero-order valence-corrected chi connectivity index (χ0v) is 14.3. The lowest BCUT2D eigenvalue weighted by molar-refractivity contribution is 0.0695. The lowest BCUT2D eigenvalue weighted by atomic mass is 10.0. The molecule has 1 amide bonds. The van der Waals surface area contributed by atoms with Crippen molar-refractivity contribution in [2.75, 3.05) is 5.75 Å². The fourth-order valence-corrected chi connectivity index (χ4v) is 4.00. The predicted octanol–water partition coefficient (Wildman–Crippen LogP) is 3.31. The van der Waals surface area contributed by atoms with Crippen LogP contribution >= 0.6 is 11.8 Å². The summed E-state index contributed by atoms with van der Waals surface area (Å²) in [7, 11) is 0. The number of hydrogen-bond donors (Lipinski definition) is 2. The summed E-state index contributed by atoms with van der Waals surface area (Å²) >= 11 is 1.69. The van der Waals surface area contributed by atoms with Crippen molar-refractivity contribution < 1.29 is 14.7 Å². The topological polar surface area (TPSA) is 71.3 Å². The number of nitrogens with zero attached hydrogens (tertiary/aromatic N) is 1. The summed E-state index contributed by atoms with van der Waals surface area (Å²) in [6, 6.07) is 11.2. The average molecular weight is 344 g/mol. The van der Waals surface area contributed by atoms with Gasteiger partial charge in [-0.15, -0.1) is 0 Å². The second kappa shape index (κ2) is 7.13. The number of carboxylic acids is 1. The first-order chi connectivity index (χ1) is 11.6. The van der Waals surface area contributed by atoms with Gasteiger partial charge in [0.05, 0.1) is 11.6 Å². The maximum Gasteiger partial charge on any atom is 0.337 e. The number of aromatic nitrogens is 1. The van der Waals surface area contributed by atoms with Crippen LogP contribution in [0.3, 0.4) is 0 Å². The molecule has 6 heteroatoms. The van der Waals surface area contributed by atoms with Gasteiger partial charge in [-0.2, -0.15) is 11.8 Å². The third-order valence-electron chi connectivity index (χ3n) is 4.29. The summed E-state index contributed by atoms with van der Waals surface area (Å²) in [5.41, 5.74) is 2.46. The number of aromatic carboxylic acids is 1.